The number of nitrogens with zero attached hydrogens (tertiary/aromatic N) is 1. The van der Waals surface area contributed by atoms with E-state index in [4.69, 9.17) is 5.11 Å². The molecule has 0 aliphatic heterocycles. The lowest BCUT2D eigenvalue weighted by molar-refractivity contribution is 0.275. The van der Waals surface area contributed by atoms with Crippen molar-refractivity contribution in [3.05, 3.63) is 29.6 Å². The SMILES string of the molecule is OCc1ncccc1C1CC1. The van der Waals surface area contributed by atoms with Crippen LogP contribution in [0.5, 0.6) is 0 Å². The van der Waals surface area contributed by atoms with Crippen LogP contribution in [0.25, 0.3) is 0 Å². The summed E-state index contributed by atoms with van der Waals surface area (Å²) in [5, 5.41) is 8.93. The normalized spacial score (nSPS) is 16.8. The molecule has 0 amide bonds. The first kappa shape index (κ1) is 6.80. The van der Waals surface area contributed by atoms with Crippen LogP contribution in [-0.4, -0.2) is 10.1 Å². The molecular formula is C9H11NO. The van der Waals surface area contributed by atoms with Gasteiger partial charge in [0.15, 0.2) is 0 Å². The first-order valence-corrected chi connectivity index (χ1v) is 3.96. The highest BCUT2D eigenvalue weighted by atomic mass is 16.3. The van der Waals surface area contributed by atoms with Crippen molar-refractivity contribution in [1.82, 2.24) is 4.98 Å². The number of aromatic nitrogens is 1. The number of aliphatic hydroxyl groups is 1. The molecular weight excluding hydrogens is 138 g/mol. The molecule has 0 radical (unpaired) electrons. The Bertz CT molecular complexity index is 255. The monoisotopic (exact) mass is 149 g/mol. The molecule has 1 aliphatic carbocycles. The maximum atomic E-state index is 8.93. The second-order valence-electron chi connectivity index (χ2n) is 2.97. The highest BCUT2D eigenvalue weighted by molar-refractivity contribution is 5.27. The van der Waals surface area contributed by atoms with Crippen molar-refractivity contribution in [2.24, 2.45) is 0 Å². The van der Waals surface area contributed by atoms with Crippen LogP contribution in [0.3, 0.4) is 0 Å². The minimum atomic E-state index is 0.0761. The van der Waals surface area contributed by atoms with Gasteiger partial charge in [-0.05, 0) is 30.4 Å². The number of hydrogen-bond acceptors (Lipinski definition) is 2. The molecule has 1 aliphatic rings. The highest BCUT2D eigenvalue weighted by Gasteiger charge is 2.25. The molecule has 2 nitrogen and oxygen atoms in total. The summed E-state index contributed by atoms with van der Waals surface area (Å²) in [4.78, 5) is 4.11. The van der Waals surface area contributed by atoms with Gasteiger partial charge < -0.3 is 5.11 Å². The Morgan fingerprint density at radius 2 is 2.36 bits per heavy atom. The van der Waals surface area contributed by atoms with E-state index in [0.717, 1.165) is 5.69 Å². The van der Waals surface area contributed by atoms with Gasteiger partial charge in [0, 0.05) is 6.20 Å². The van der Waals surface area contributed by atoms with E-state index in [0.29, 0.717) is 5.92 Å². The number of aliphatic hydroxyl groups excluding tert-OH is 1. The van der Waals surface area contributed by atoms with Crippen LogP contribution in [0.2, 0.25) is 0 Å². The first-order valence-electron chi connectivity index (χ1n) is 3.96. The Labute approximate surface area is 65.9 Å². The first-order chi connectivity index (χ1) is 5.42. The van der Waals surface area contributed by atoms with Crippen LogP contribution in [-0.2, 0) is 6.61 Å². The van der Waals surface area contributed by atoms with Crippen LogP contribution in [0.15, 0.2) is 18.3 Å². The van der Waals surface area contributed by atoms with Crippen LogP contribution in [0.4, 0.5) is 0 Å². The fourth-order valence-corrected chi connectivity index (χ4v) is 1.35. The van der Waals surface area contributed by atoms with Crippen molar-refractivity contribution in [3.8, 4) is 0 Å². The Kier molecular flexibility index (Phi) is 1.62. The Hall–Kier alpha value is -0.890. The molecule has 1 heterocycles. The standard InChI is InChI=1S/C9H11NO/c11-6-9-8(7-3-4-7)2-1-5-10-9/h1-2,5,7,11H,3-4,6H2. The molecule has 1 aromatic rings. The molecule has 0 atom stereocenters. The molecule has 2 heteroatoms. The zero-order valence-corrected chi connectivity index (χ0v) is 6.33. The zero-order chi connectivity index (χ0) is 7.68. The van der Waals surface area contributed by atoms with Crippen molar-refractivity contribution >= 4 is 0 Å². The highest BCUT2D eigenvalue weighted by Crippen LogP contribution is 2.40. The largest absolute Gasteiger partial charge is 0.390 e. The van der Waals surface area contributed by atoms with Crippen molar-refractivity contribution < 1.29 is 5.11 Å². The van der Waals surface area contributed by atoms with E-state index in [1.54, 1.807) is 6.20 Å². The quantitative estimate of drug-likeness (QED) is 0.690. The molecule has 58 valence electrons. The van der Waals surface area contributed by atoms with Crippen molar-refractivity contribution in [1.29, 1.82) is 0 Å². The predicted octanol–water partition coefficient (Wildman–Crippen LogP) is 1.45. The van der Waals surface area contributed by atoms with Crippen LogP contribution < -0.4 is 0 Å². The second-order valence-corrected chi connectivity index (χ2v) is 2.97. The summed E-state index contributed by atoms with van der Waals surface area (Å²) in [5.41, 5.74) is 2.10. The van der Waals surface area contributed by atoms with Gasteiger partial charge in [-0.25, -0.2) is 0 Å². The third-order valence-electron chi connectivity index (χ3n) is 2.09. The minimum absolute atomic E-state index is 0.0761. The maximum Gasteiger partial charge on any atom is 0.0855 e. The Morgan fingerprint density at radius 3 is 3.00 bits per heavy atom. The maximum absolute atomic E-state index is 8.93. The third-order valence-corrected chi connectivity index (χ3v) is 2.09. The fourth-order valence-electron chi connectivity index (χ4n) is 1.35. The molecule has 0 spiro atoms. The topological polar surface area (TPSA) is 33.1 Å². The van der Waals surface area contributed by atoms with Crippen LogP contribution in [0, 0.1) is 0 Å². The van der Waals surface area contributed by atoms with Crippen molar-refractivity contribution in [2.45, 2.75) is 25.4 Å². The number of pyridine rings is 1. The van der Waals surface area contributed by atoms with E-state index in [1.807, 2.05) is 6.07 Å². The summed E-state index contributed by atoms with van der Waals surface area (Å²) < 4.78 is 0. The van der Waals surface area contributed by atoms with Crippen molar-refractivity contribution in [2.75, 3.05) is 0 Å². The predicted molar refractivity (Wildman–Crippen MR) is 42.1 cm³/mol. The summed E-state index contributed by atoms with van der Waals surface area (Å²) in [7, 11) is 0. The van der Waals surface area contributed by atoms with E-state index < -0.39 is 0 Å². The van der Waals surface area contributed by atoms with Gasteiger partial charge >= 0.3 is 0 Å². The van der Waals surface area contributed by atoms with Crippen molar-refractivity contribution in [3.63, 3.8) is 0 Å². The van der Waals surface area contributed by atoms with Gasteiger partial charge in [0.05, 0.1) is 12.3 Å². The van der Waals surface area contributed by atoms with Gasteiger partial charge in [0.25, 0.3) is 0 Å². The number of rotatable bonds is 2. The Balaban J connectivity index is 2.34. The smallest absolute Gasteiger partial charge is 0.0855 e. The lowest BCUT2D eigenvalue weighted by atomic mass is 10.1. The molecule has 1 aromatic heterocycles. The summed E-state index contributed by atoms with van der Waals surface area (Å²) in [6.07, 6.45) is 4.26. The molecule has 1 fully saturated rings. The number of hydrogen-bond donors (Lipinski definition) is 1. The van der Waals surface area contributed by atoms with Gasteiger partial charge in [0.2, 0.25) is 0 Å². The molecule has 1 N–H and O–H groups in total. The van der Waals surface area contributed by atoms with E-state index >= 15 is 0 Å². The van der Waals surface area contributed by atoms with Gasteiger partial charge in [-0.1, -0.05) is 6.07 Å². The third kappa shape index (κ3) is 1.26. The molecule has 2 rings (SSSR count). The molecule has 11 heavy (non-hydrogen) atoms. The lowest BCUT2D eigenvalue weighted by Crippen LogP contribution is -1.94. The lowest BCUT2D eigenvalue weighted by Gasteiger charge is -2.02. The molecule has 0 saturated heterocycles. The summed E-state index contributed by atoms with van der Waals surface area (Å²) in [6, 6.07) is 4.00. The summed E-state index contributed by atoms with van der Waals surface area (Å²) in [6.45, 7) is 0.0761. The van der Waals surface area contributed by atoms with E-state index in [-0.39, 0.29) is 6.61 Å². The van der Waals surface area contributed by atoms with E-state index in [9.17, 15) is 0 Å². The van der Waals surface area contributed by atoms with Gasteiger partial charge in [0.1, 0.15) is 0 Å². The van der Waals surface area contributed by atoms with Gasteiger partial charge in [-0.3, -0.25) is 4.98 Å². The minimum Gasteiger partial charge on any atom is -0.390 e. The fraction of sp³-hybridized carbons (Fsp3) is 0.444. The average Bonchev–Trinajstić information content (AvgIpc) is 2.87. The summed E-state index contributed by atoms with van der Waals surface area (Å²) >= 11 is 0. The average molecular weight is 149 g/mol. The van der Waals surface area contributed by atoms with E-state index in [2.05, 4.69) is 11.1 Å². The summed E-state index contributed by atoms with van der Waals surface area (Å²) in [5.74, 6) is 0.686. The van der Waals surface area contributed by atoms with E-state index in [1.165, 1.54) is 18.4 Å². The molecule has 0 bridgehead atoms. The molecule has 1 saturated carbocycles. The zero-order valence-electron chi connectivity index (χ0n) is 6.33. The second kappa shape index (κ2) is 2.62. The van der Waals surface area contributed by atoms with Gasteiger partial charge in [-0.2, -0.15) is 0 Å². The van der Waals surface area contributed by atoms with Crippen LogP contribution in [0.1, 0.15) is 30.0 Å². The molecule has 0 unspecified atom stereocenters. The van der Waals surface area contributed by atoms with Crippen LogP contribution >= 0.6 is 0 Å². The molecule has 0 aromatic carbocycles. The van der Waals surface area contributed by atoms with Gasteiger partial charge in [-0.15, -0.1) is 0 Å². The Morgan fingerprint density at radius 1 is 1.55 bits per heavy atom.